The van der Waals surface area contributed by atoms with Gasteiger partial charge in [-0.15, -0.1) is 0 Å². The third-order valence-electron chi connectivity index (χ3n) is 5.71. The molecule has 7 nitrogen and oxygen atoms in total. The molecular weight excluding hydrogens is 444 g/mol. The molecule has 0 aliphatic carbocycles. The molecule has 0 spiro atoms. The van der Waals surface area contributed by atoms with Crippen molar-refractivity contribution < 1.29 is 24.2 Å². The van der Waals surface area contributed by atoms with Crippen LogP contribution in [-0.4, -0.2) is 66.5 Å². The van der Waals surface area contributed by atoms with E-state index in [-0.39, 0.29) is 17.4 Å². The Hall–Kier alpha value is -3.32. The van der Waals surface area contributed by atoms with Gasteiger partial charge in [-0.05, 0) is 89.3 Å². The van der Waals surface area contributed by atoms with Gasteiger partial charge in [0, 0.05) is 12.1 Å². The molecular formula is C28H36N2O5. The molecule has 188 valence electrons. The number of amides is 1. The molecule has 0 bridgehead atoms. The summed E-state index contributed by atoms with van der Waals surface area (Å²) in [6, 6.07) is 13.6. The predicted molar refractivity (Wildman–Crippen MR) is 137 cm³/mol. The standard InChI is InChI=1S/C28H36N2O5/c1-6-18-34-22-12-10-21(11-13-22)26(31)24-25(20-8-14-23(15-9-20)35-19(2)3)30(28(33)27(24)32)17-7-16-29(4)5/h8-15,19,25,31H,6-7,16-18H2,1-5H3/t25-/m1/s1. The highest BCUT2D eigenvalue weighted by molar-refractivity contribution is 6.46. The Balaban J connectivity index is 2.01. The van der Waals surface area contributed by atoms with E-state index in [1.54, 1.807) is 29.2 Å². The Bertz CT molecular complexity index is 1040. The Morgan fingerprint density at radius 1 is 1.03 bits per heavy atom. The van der Waals surface area contributed by atoms with Crippen LogP contribution >= 0.6 is 0 Å². The van der Waals surface area contributed by atoms with Gasteiger partial charge in [0.05, 0.1) is 24.3 Å². The van der Waals surface area contributed by atoms with Gasteiger partial charge in [-0.3, -0.25) is 9.59 Å². The van der Waals surface area contributed by atoms with Gasteiger partial charge in [-0.2, -0.15) is 0 Å². The van der Waals surface area contributed by atoms with Crippen molar-refractivity contribution in [2.45, 2.75) is 45.8 Å². The Morgan fingerprint density at radius 2 is 1.66 bits per heavy atom. The Morgan fingerprint density at radius 3 is 2.23 bits per heavy atom. The van der Waals surface area contributed by atoms with E-state index in [0.29, 0.717) is 36.6 Å². The van der Waals surface area contributed by atoms with Crippen LogP contribution in [-0.2, 0) is 9.59 Å². The number of carbonyl (C=O) groups is 2. The van der Waals surface area contributed by atoms with E-state index in [1.807, 2.05) is 64.0 Å². The van der Waals surface area contributed by atoms with E-state index in [1.165, 1.54) is 0 Å². The number of aliphatic hydroxyl groups excluding tert-OH is 1. The van der Waals surface area contributed by atoms with Crippen LogP contribution in [0.15, 0.2) is 54.1 Å². The minimum atomic E-state index is -0.679. The van der Waals surface area contributed by atoms with Gasteiger partial charge in [0.1, 0.15) is 17.3 Å². The number of ketones is 1. The lowest BCUT2D eigenvalue weighted by atomic mass is 9.95. The normalized spacial score (nSPS) is 17.5. The second-order valence-corrected chi connectivity index (χ2v) is 9.26. The van der Waals surface area contributed by atoms with Crippen LogP contribution in [0.25, 0.3) is 5.76 Å². The SMILES string of the molecule is CCCOc1ccc(C(O)=C2C(=O)C(=O)N(CCCN(C)C)[C@@H]2c2ccc(OC(C)C)cc2)cc1. The van der Waals surface area contributed by atoms with Crippen molar-refractivity contribution in [3.8, 4) is 11.5 Å². The number of carbonyl (C=O) groups excluding carboxylic acids is 2. The second kappa shape index (κ2) is 11.9. The summed E-state index contributed by atoms with van der Waals surface area (Å²) in [5.74, 6) is -0.0688. The fourth-order valence-electron chi connectivity index (χ4n) is 4.10. The largest absolute Gasteiger partial charge is 0.507 e. The fourth-order valence-corrected chi connectivity index (χ4v) is 4.10. The zero-order chi connectivity index (χ0) is 25.5. The van der Waals surface area contributed by atoms with Crippen LogP contribution in [0.4, 0.5) is 0 Å². The maximum Gasteiger partial charge on any atom is 0.295 e. The summed E-state index contributed by atoms with van der Waals surface area (Å²) in [4.78, 5) is 29.8. The van der Waals surface area contributed by atoms with E-state index in [4.69, 9.17) is 9.47 Å². The number of ether oxygens (including phenoxy) is 2. The first kappa shape index (κ1) is 26.3. The fraction of sp³-hybridized carbons (Fsp3) is 0.429. The molecule has 7 heteroatoms. The van der Waals surface area contributed by atoms with Crippen LogP contribution in [0.5, 0.6) is 11.5 Å². The maximum atomic E-state index is 13.2. The molecule has 1 saturated heterocycles. The molecule has 3 rings (SSSR count). The average Bonchev–Trinajstić information content (AvgIpc) is 3.07. The molecule has 1 aliphatic rings. The van der Waals surface area contributed by atoms with Crippen LogP contribution in [0.3, 0.4) is 0 Å². The lowest BCUT2D eigenvalue weighted by molar-refractivity contribution is -0.139. The van der Waals surface area contributed by atoms with Crippen molar-refractivity contribution in [1.29, 1.82) is 0 Å². The molecule has 1 N–H and O–H groups in total. The molecule has 1 atom stereocenters. The van der Waals surface area contributed by atoms with Gasteiger partial charge in [0.15, 0.2) is 0 Å². The third-order valence-corrected chi connectivity index (χ3v) is 5.71. The van der Waals surface area contributed by atoms with E-state index >= 15 is 0 Å². The number of Topliss-reactive ketones (excluding diaryl/α,β-unsaturated/α-hetero) is 1. The molecule has 1 amide bonds. The van der Waals surface area contributed by atoms with Gasteiger partial charge in [0.2, 0.25) is 0 Å². The van der Waals surface area contributed by atoms with Crippen LogP contribution in [0, 0.1) is 0 Å². The highest BCUT2D eigenvalue weighted by atomic mass is 16.5. The van der Waals surface area contributed by atoms with Crippen molar-refractivity contribution in [3.05, 3.63) is 65.2 Å². The van der Waals surface area contributed by atoms with E-state index in [2.05, 4.69) is 0 Å². The van der Waals surface area contributed by atoms with Gasteiger partial charge >= 0.3 is 0 Å². The van der Waals surface area contributed by atoms with Crippen LogP contribution < -0.4 is 9.47 Å². The third kappa shape index (κ3) is 6.42. The summed E-state index contributed by atoms with van der Waals surface area (Å²) in [5, 5.41) is 11.2. The quantitative estimate of drug-likeness (QED) is 0.287. The van der Waals surface area contributed by atoms with Gasteiger partial charge in [-0.1, -0.05) is 19.1 Å². The molecule has 1 heterocycles. The first-order chi connectivity index (χ1) is 16.7. The minimum absolute atomic E-state index is 0.0294. The van der Waals surface area contributed by atoms with Gasteiger partial charge < -0.3 is 24.4 Å². The number of hydrogen-bond donors (Lipinski definition) is 1. The number of aliphatic hydroxyl groups is 1. The first-order valence-corrected chi connectivity index (χ1v) is 12.2. The zero-order valence-corrected chi connectivity index (χ0v) is 21.3. The maximum absolute atomic E-state index is 13.2. The molecule has 2 aromatic rings. The molecule has 0 unspecified atom stereocenters. The molecule has 0 saturated carbocycles. The Kier molecular flexibility index (Phi) is 8.93. The van der Waals surface area contributed by atoms with Crippen molar-refractivity contribution in [2.24, 2.45) is 0 Å². The smallest absolute Gasteiger partial charge is 0.295 e. The minimum Gasteiger partial charge on any atom is -0.507 e. The van der Waals surface area contributed by atoms with Gasteiger partial charge in [0.25, 0.3) is 11.7 Å². The first-order valence-electron chi connectivity index (χ1n) is 12.2. The van der Waals surface area contributed by atoms with Crippen LogP contribution in [0.2, 0.25) is 0 Å². The van der Waals surface area contributed by atoms with E-state index in [0.717, 1.165) is 18.5 Å². The average molecular weight is 481 g/mol. The molecule has 2 aromatic carbocycles. The Labute approximate surface area is 207 Å². The molecule has 0 radical (unpaired) electrons. The number of rotatable bonds is 11. The van der Waals surface area contributed by atoms with E-state index < -0.39 is 17.7 Å². The monoisotopic (exact) mass is 480 g/mol. The van der Waals surface area contributed by atoms with Crippen molar-refractivity contribution in [3.63, 3.8) is 0 Å². The number of nitrogens with zero attached hydrogens (tertiary/aromatic N) is 2. The summed E-state index contributed by atoms with van der Waals surface area (Å²) in [5.41, 5.74) is 1.30. The lowest BCUT2D eigenvalue weighted by Gasteiger charge is -2.26. The van der Waals surface area contributed by atoms with Crippen molar-refractivity contribution >= 4 is 17.4 Å². The van der Waals surface area contributed by atoms with Crippen molar-refractivity contribution in [2.75, 3.05) is 33.8 Å². The summed E-state index contributed by atoms with van der Waals surface area (Å²) >= 11 is 0. The molecule has 1 aliphatic heterocycles. The second-order valence-electron chi connectivity index (χ2n) is 9.26. The number of hydrogen-bond acceptors (Lipinski definition) is 6. The van der Waals surface area contributed by atoms with Crippen molar-refractivity contribution in [1.82, 2.24) is 9.80 Å². The van der Waals surface area contributed by atoms with Crippen LogP contribution in [0.1, 0.15) is 50.8 Å². The highest BCUT2D eigenvalue weighted by Gasteiger charge is 2.45. The summed E-state index contributed by atoms with van der Waals surface area (Å²) in [7, 11) is 3.93. The topological polar surface area (TPSA) is 79.3 Å². The predicted octanol–water partition coefficient (Wildman–Crippen LogP) is 4.64. The number of benzene rings is 2. The lowest BCUT2D eigenvalue weighted by Crippen LogP contribution is -2.32. The summed E-state index contributed by atoms with van der Waals surface area (Å²) in [6.45, 7) is 7.70. The zero-order valence-electron chi connectivity index (χ0n) is 21.3. The molecule has 1 fully saturated rings. The van der Waals surface area contributed by atoms with E-state index in [9.17, 15) is 14.7 Å². The number of likely N-dealkylation sites (tertiary alicyclic amines) is 1. The summed E-state index contributed by atoms with van der Waals surface area (Å²) < 4.78 is 11.4. The molecule has 35 heavy (non-hydrogen) atoms. The van der Waals surface area contributed by atoms with Gasteiger partial charge in [-0.25, -0.2) is 0 Å². The summed E-state index contributed by atoms with van der Waals surface area (Å²) in [6.07, 6.45) is 1.62. The highest BCUT2D eigenvalue weighted by Crippen LogP contribution is 2.40. The molecule has 0 aromatic heterocycles.